The first-order valence-electron chi connectivity index (χ1n) is 5.07. The maximum Gasteiger partial charge on any atom is 0.239 e. The molecule has 0 aliphatic heterocycles. The van der Waals surface area contributed by atoms with E-state index in [0.717, 1.165) is 0 Å². The molecule has 0 heterocycles. The van der Waals surface area contributed by atoms with E-state index in [9.17, 15) is 9.18 Å². The predicted molar refractivity (Wildman–Crippen MR) is 62.8 cm³/mol. The summed E-state index contributed by atoms with van der Waals surface area (Å²) < 4.78 is 12.8. The average molecular weight is 225 g/mol. The Morgan fingerprint density at radius 2 is 2.25 bits per heavy atom. The number of anilines is 2. The van der Waals surface area contributed by atoms with Gasteiger partial charge in [-0.3, -0.25) is 4.79 Å². The monoisotopic (exact) mass is 225 g/mol. The third kappa shape index (κ3) is 3.12. The van der Waals surface area contributed by atoms with Crippen molar-refractivity contribution in [3.05, 3.63) is 24.0 Å². The molecule has 1 amide bonds. The van der Waals surface area contributed by atoms with E-state index >= 15 is 0 Å². The van der Waals surface area contributed by atoms with Crippen molar-refractivity contribution in [1.29, 1.82) is 0 Å². The third-order valence-corrected chi connectivity index (χ3v) is 2.16. The molecule has 0 aromatic heterocycles. The summed E-state index contributed by atoms with van der Waals surface area (Å²) in [6, 6.07) is 4.12. The molecule has 0 radical (unpaired) electrons. The van der Waals surface area contributed by atoms with Gasteiger partial charge in [0.2, 0.25) is 5.91 Å². The second kappa shape index (κ2) is 5.34. The van der Waals surface area contributed by atoms with E-state index < -0.39 is 0 Å². The minimum atomic E-state index is -0.382. The number of nitrogens with two attached hydrogens (primary N) is 1. The van der Waals surface area contributed by atoms with Gasteiger partial charge in [-0.25, -0.2) is 4.39 Å². The molecule has 5 heteroatoms. The molecule has 0 saturated carbocycles. The van der Waals surface area contributed by atoms with Gasteiger partial charge in [0.15, 0.2) is 0 Å². The van der Waals surface area contributed by atoms with Crippen LogP contribution in [0.1, 0.15) is 6.92 Å². The standard InChI is InChI=1S/C11H16FN3O/c1-3-14-11(16)7-15(2)10-5-4-8(12)6-9(10)13/h4-6H,3,7,13H2,1-2H3,(H,14,16). The number of amides is 1. The van der Waals surface area contributed by atoms with E-state index in [-0.39, 0.29) is 18.3 Å². The van der Waals surface area contributed by atoms with Crippen LogP contribution in [0.3, 0.4) is 0 Å². The van der Waals surface area contributed by atoms with E-state index in [4.69, 9.17) is 5.73 Å². The highest BCUT2D eigenvalue weighted by molar-refractivity contribution is 5.82. The number of benzene rings is 1. The summed E-state index contributed by atoms with van der Waals surface area (Å²) >= 11 is 0. The minimum Gasteiger partial charge on any atom is -0.397 e. The number of nitrogens with zero attached hydrogens (tertiary/aromatic N) is 1. The molecule has 0 saturated heterocycles. The number of hydrogen-bond acceptors (Lipinski definition) is 3. The zero-order chi connectivity index (χ0) is 12.1. The Morgan fingerprint density at radius 1 is 1.56 bits per heavy atom. The van der Waals surface area contributed by atoms with Crippen molar-refractivity contribution >= 4 is 17.3 Å². The number of rotatable bonds is 4. The number of nitrogens with one attached hydrogen (secondary N) is 1. The van der Waals surface area contributed by atoms with Gasteiger partial charge in [0.05, 0.1) is 17.9 Å². The fourth-order valence-corrected chi connectivity index (χ4v) is 1.43. The van der Waals surface area contributed by atoms with E-state index in [1.54, 1.807) is 18.0 Å². The average Bonchev–Trinajstić information content (AvgIpc) is 2.17. The second-order valence-corrected chi connectivity index (χ2v) is 3.51. The van der Waals surface area contributed by atoms with Crippen molar-refractivity contribution in [2.24, 2.45) is 0 Å². The number of likely N-dealkylation sites (N-methyl/N-ethyl adjacent to an activating group) is 2. The van der Waals surface area contributed by atoms with Gasteiger partial charge in [0, 0.05) is 13.6 Å². The summed E-state index contributed by atoms with van der Waals surface area (Å²) in [4.78, 5) is 13.0. The molecule has 0 unspecified atom stereocenters. The first kappa shape index (κ1) is 12.3. The van der Waals surface area contributed by atoms with Gasteiger partial charge in [-0.05, 0) is 25.1 Å². The smallest absolute Gasteiger partial charge is 0.239 e. The van der Waals surface area contributed by atoms with Gasteiger partial charge in [-0.2, -0.15) is 0 Å². The van der Waals surface area contributed by atoms with Gasteiger partial charge < -0.3 is 16.0 Å². The lowest BCUT2D eigenvalue weighted by Gasteiger charge is -2.20. The highest BCUT2D eigenvalue weighted by Gasteiger charge is 2.09. The number of carbonyl (C=O) groups is 1. The van der Waals surface area contributed by atoms with Crippen LogP contribution in [0.15, 0.2) is 18.2 Å². The molecular weight excluding hydrogens is 209 g/mol. The largest absolute Gasteiger partial charge is 0.397 e. The van der Waals surface area contributed by atoms with E-state index in [1.165, 1.54) is 12.1 Å². The highest BCUT2D eigenvalue weighted by atomic mass is 19.1. The lowest BCUT2D eigenvalue weighted by atomic mass is 10.2. The Kier molecular flexibility index (Phi) is 4.10. The normalized spacial score (nSPS) is 9.94. The molecule has 1 rings (SSSR count). The summed E-state index contributed by atoms with van der Waals surface area (Å²) in [5, 5.41) is 2.68. The van der Waals surface area contributed by atoms with Crippen LogP contribution < -0.4 is 16.0 Å². The Balaban J connectivity index is 2.72. The molecule has 1 aromatic carbocycles. The Morgan fingerprint density at radius 3 is 2.81 bits per heavy atom. The molecule has 0 aliphatic carbocycles. The number of nitrogen functional groups attached to an aromatic ring is 1. The lowest BCUT2D eigenvalue weighted by molar-refractivity contribution is -0.119. The van der Waals surface area contributed by atoms with Crippen molar-refractivity contribution in [3.63, 3.8) is 0 Å². The number of hydrogen-bond donors (Lipinski definition) is 2. The van der Waals surface area contributed by atoms with Crippen LogP contribution in [0.2, 0.25) is 0 Å². The summed E-state index contributed by atoms with van der Waals surface area (Å²) in [6.45, 7) is 2.64. The first-order chi connectivity index (χ1) is 7.54. The molecule has 1 aromatic rings. The van der Waals surface area contributed by atoms with Gasteiger partial charge in [-0.15, -0.1) is 0 Å². The topological polar surface area (TPSA) is 58.4 Å². The van der Waals surface area contributed by atoms with Crippen LogP contribution in [0.4, 0.5) is 15.8 Å². The molecule has 0 aliphatic rings. The summed E-state index contributed by atoms with van der Waals surface area (Å²) in [7, 11) is 1.73. The maximum absolute atomic E-state index is 12.8. The Labute approximate surface area is 94.2 Å². The summed E-state index contributed by atoms with van der Waals surface area (Å²) in [5.74, 6) is -0.471. The van der Waals surface area contributed by atoms with Crippen molar-refractivity contribution in [1.82, 2.24) is 5.32 Å². The van der Waals surface area contributed by atoms with Crippen LogP contribution in [-0.2, 0) is 4.79 Å². The van der Waals surface area contributed by atoms with Crippen molar-refractivity contribution in [2.75, 3.05) is 30.8 Å². The van der Waals surface area contributed by atoms with E-state index in [2.05, 4.69) is 5.32 Å². The zero-order valence-corrected chi connectivity index (χ0v) is 9.46. The van der Waals surface area contributed by atoms with Crippen LogP contribution >= 0.6 is 0 Å². The van der Waals surface area contributed by atoms with Crippen LogP contribution in [0.25, 0.3) is 0 Å². The molecule has 88 valence electrons. The molecule has 3 N–H and O–H groups in total. The molecule has 0 bridgehead atoms. The first-order valence-corrected chi connectivity index (χ1v) is 5.07. The Hall–Kier alpha value is -1.78. The summed E-state index contributed by atoms with van der Waals surface area (Å²) in [5.41, 5.74) is 6.63. The molecule has 0 fully saturated rings. The third-order valence-electron chi connectivity index (χ3n) is 2.16. The lowest BCUT2D eigenvalue weighted by Crippen LogP contribution is -2.35. The molecule has 0 atom stereocenters. The second-order valence-electron chi connectivity index (χ2n) is 3.51. The van der Waals surface area contributed by atoms with E-state index in [0.29, 0.717) is 17.9 Å². The molecule has 4 nitrogen and oxygen atoms in total. The van der Waals surface area contributed by atoms with Crippen molar-refractivity contribution in [3.8, 4) is 0 Å². The van der Waals surface area contributed by atoms with Crippen molar-refractivity contribution in [2.45, 2.75) is 6.92 Å². The minimum absolute atomic E-state index is 0.0891. The number of halogens is 1. The molecular formula is C11H16FN3O. The highest BCUT2D eigenvalue weighted by Crippen LogP contribution is 2.22. The van der Waals surface area contributed by atoms with Gasteiger partial charge in [-0.1, -0.05) is 0 Å². The van der Waals surface area contributed by atoms with E-state index in [1.807, 2.05) is 6.92 Å². The van der Waals surface area contributed by atoms with Crippen LogP contribution in [-0.4, -0.2) is 26.0 Å². The molecule has 0 spiro atoms. The zero-order valence-electron chi connectivity index (χ0n) is 9.46. The summed E-state index contributed by atoms with van der Waals surface area (Å²) in [6.07, 6.45) is 0. The maximum atomic E-state index is 12.8. The predicted octanol–water partition coefficient (Wildman–Crippen LogP) is 0.980. The fraction of sp³-hybridized carbons (Fsp3) is 0.364. The quantitative estimate of drug-likeness (QED) is 0.751. The van der Waals surface area contributed by atoms with Gasteiger partial charge >= 0.3 is 0 Å². The van der Waals surface area contributed by atoms with Gasteiger partial charge in [0.1, 0.15) is 5.82 Å². The molecule has 16 heavy (non-hydrogen) atoms. The number of carbonyl (C=O) groups excluding carboxylic acids is 1. The SMILES string of the molecule is CCNC(=O)CN(C)c1ccc(F)cc1N. The van der Waals surface area contributed by atoms with Crippen molar-refractivity contribution < 1.29 is 9.18 Å². The fourth-order valence-electron chi connectivity index (χ4n) is 1.43. The van der Waals surface area contributed by atoms with Gasteiger partial charge in [0.25, 0.3) is 0 Å². The van der Waals surface area contributed by atoms with Crippen LogP contribution in [0.5, 0.6) is 0 Å². The van der Waals surface area contributed by atoms with Crippen LogP contribution in [0, 0.1) is 5.82 Å². The Bertz CT molecular complexity index is 381.